The summed E-state index contributed by atoms with van der Waals surface area (Å²) in [5, 5.41) is 8.27. The van der Waals surface area contributed by atoms with Crippen LogP contribution < -0.4 is 52.1 Å². The number of rotatable bonds is 6. The predicted molar refractivity (Wildman–Crippen MR) is 281 cm³/mol. The lowest BCUT2D eigenvalue weighted by molar-refractivity contribution is 0.415. The second-order valence-electron chi connectivity index (χ2n) is 19.4. The molecule has 0 N–H and O–H groups in total. The number of benzene rings is 10. The van der Waals surface area contributed by atoms with Gasteiger partial charge < -0.3 is 19.3 Å². The van der Waals surface area contributed by atoms with E-state index in [2.05, 4.69) is 195 Å². The number of hydrogen-bond donors (Lipinski definition) is 0. The van der Waals surface area contributed by atoms with Gasteiger partial charge in [0.15, 0.2) is 0 Å². The third-order valence-electron chi connectivity index (χ3n) is 15.5. The molecule has 6 heteroatoms. The van der Waals surface area contributed by atoms with Gasteiger partial charge in [0.1, 0.15) is 11.5 Å². The largest absolute Gasteiger partial charge is 0.497 e. The van der Waals surface area contributed by atoms with Crippen molar-refractivity contribution in [1.82, 2.24) is 0 Å². The van der Waals surface area contributed by atoms with Gasteiger partial charge in [0, 0.05) is 46.3 Å². The SMILES string of the molecule is COc1cc2c3c(c1)N(c1ccccc1)c1ccccc1B3c1cc3c(C(C)C)cc4c5c(cc6c(C(C)C)cc-2c1c6c35)B1c2ccccc2N(c2ccccc2)c2cc(OC)cc-4c21. The maximum absolute atomic E-state index is 6.24. The fourth-order valence-corrected chi connectivity index (χ4v) is 12.8. The summed E-state index contributed by atoms with van der Waals surface area (Å²) in [5.41, 5.74) is 23.1. The van der Waals surface area contributed by atoms with Gasteiger partial charge in [0.25, 0.3) is 0 Å². The average molecular weight is 849 g/mol. The summed E-state index contributed by atoms with van der Waals surface area (Å²) in [4.78, 5) is 4.92. The number of anilines is 6. The van der Waals surface area contributed by atoms with Crippen molar-refractivity contribution in [3.63, 3.8) is 0 Å². The Morgan fingerprint density at radius 1 is 0.379 bits per heavy atom. The third-order valence-corrected chi connectivity index (χ3v) is 15.5. The number of hydrogen-bond acceptors (Lipinski definition) is 4. The van der Waals surface area contributed by atoms with Crippen molar-refractivity contribution in [2.75, 3.05) is 24.0 Å². The van der Waals surface area contributed by atoms with E-state index in [4.69, 9.17) is 9.47 Å². The van der Waals surface area contributed by atoms with E-state index in [-0.39, 0.29) is 25.3 Å². The van der Waals surface area contributed by atoms with E-state index < -0.39 is 0 Å². The lowest BCUT2D eigenvalue weighted by Gasteiger charge is -2.42. The Morgan fingerprint density at radius 3 is 1.17 bits per heavy atom. The van der Waals surface area contributed by atoms with Gasteiger partial charge >= 0.3 is 0 Å². The first-order valence-corrected chi connectivity index (χ1v) is 23.5. The molecule has 0 saturated heterocycles. The van der Waals surface area contributed by atoms with Crippen LogP contribution in [0.15, 0.2) is 158 Å². The first kappa shape index (κ1) is 37.9. The van der Waals surface area contributed by atoms with Gasteiger partial charge in [-0.2, -0.15) is 0 Å². The van der Waals surface area contributed by atoms with Gasteiger partial charge in [-0.25, -0.2) is 0 Å². The molecule has 0 atom stereocenters. The Labute approximate surface area is 386 Å². The highest BCUT2D eigenvalue weighted by atomic mass is 16.5. The molecule has 10 aromatic rings. The van der Waals surface area contributed by atoms with Crippen LogP contribution in [0.1, 0.15) is 50.7 Å². The molecule has 0 fully saturated rings. The highest BCUT2D eigenvalue weighted by Gasteiger charge is 2.46. The molecule has 4 aliphatic heterocycles. The maximum Gasteiger partial charge on any atom is 0.248 e. The van der Waals surface area contributed by atoms with Crippen LogP contribution in [0.3, 0.4) is 0 Å². The molecule has 0 unspecified atom stereocenters. The van der Waals surface area contributed by atoms with Gasteiger partial charge in [-0.05, 0) is 160 Å². The van der Waals surface area contributed by atoms with Crippen LogP contribution in [-0.4, -0.2) is 27.6 Å². The molecule has 10 aromatic carbocycles. The first-order chi connectivity index (χ1) is 32.3. The lowest BCUT2D eigenvalue weighted by atomic mass is 9.31. The standard InChI is InChI=1S/C60H46B2N2O2/c1-33(2)39-29-41-45-25-37(65-5)27-53-59(45)62(48-22-14-16-24-52(48)63(53)35-17-9-7-10-18-35)50-32-44-40(34(3)4)30-42-46-26-38(66-6)28-54-60(46)61(49-31-43(39)57(55(41)50)58(44)56(42)49)47-21-13-15-23-51(47)64(54)36-19-11-8-12-20-36/h7-34H,1-6H3. The minimum absolute atomic E-state index is 0.0230. The zero-order valence-corrected chi connectivity index (χ0v) is 38.0. The van der Waals surface area contributed by atoms with Gasteiger partial charge in [-0.15, -0.1) is 0 Å². The summed E-state index contributed by atoms with van der Waals surface area (Å²) >= 11 is 0. The van der Waals surface area contributed by atoms with Gasteiger partial charge in [0.2, 0.25) is 13.4 Å². The molecule has 0 aromatic heterocycles. The minimum atomic E-state index is 0.0230. The van der Waals surface area contributed by atoms with Crippen molar-refractivity contribution in [3.8, 4) is 33.8 Å². The number of fused-ring (bicyclic) bond motifs is 8. The molecule has 0 spiro atoms. The number of methoxy groups -OCH3 is 2. The van der Waals surface area contributed by atoms with Crippen LogP contribution >= 0.6 is 0 Å². The normalized spacial score (nSPS) is 13.8. The van der Waals surface area contributed by atoms with Crippen molar-refractivity contribution < 1.29 is 9.47 Å². The molecular formula is C60H46B2N2O2. The zero-order valence-electron chi connectivity index (χ0n) is 38.0. The summed E-state index contributed by atoms with van der Waals surface area (Å²) in [7, 11) is 3.62. The summed E-state index contributed by atoms with van der Waals surface area (Å²) in [6, 6.07) is 59.5. The monoisotopic (exact) mass is 848 g/mol. The molecule has 4 nitrogen and oxygen atoms in total. The average Bonchev–Trinajstić information content (AvgIpc) is 3.35. The van der Waals surface area contributed by atoms with Crippen molar-refractivity contribution >= 4 is 113 Å². The Balaban J connectivity index is 1.17. The molecule has 0 saturated carbocycles. The molecule has 14 rings (SSSR count). The molecule has 314 valence electrons. The maximum atomic E-state index is 6.24. The molecule has 66 heavy (non-hydrogen) atoms. The Kier molecular flexibility index (Phi) is 7.78. The summed E-state index contributed by atoms with van der Waals surface area (Å²) in [6.07, 6.45) is 0. The van der Waals surface area contributed by atoms with E-state index >= 15 is 0 Å². The van der Waals surface area contributed by atoms with Gasteiger partial charge in [0.05, 0.1) is 14.2 Å². The second kappa shape index (κ2) is 13.6. The van der Waals surface area contributed by atoms with Crippen molar-refractivity contribution in [1.29, 1.82) is 0 Å². The molecule has 0 bridgehead atoms. The number of ether oxygens (including phenoxy) is 2. The highest BCUT2D eigenvalue weighted by Crippen LogP contribution is 2.52. The van der Waals surface area contributed by atoms with Crippen LogP contribution in [-0.2, 0) is 0 Å². The summed E-state index contributed by atoms with van der Waals surface area (Å²) in [5.74, 6) is 2.28. The van der Waals surface area contributed by atoms with E-state index in [1.54, 1.807) is 0 Å². The van der Waals surface area contributed by atoms with Gasteiger partial charge in [-0.3, -0.25) is 0 Å². The van der Waals surface area contributed by atoms with Crippen LogP contribution in [0.25, 0.3) is 54.6 Å². The smallest absolute Gasteiger partial charge is 0.248 e. The fourth-order valence-electron chi connectivity index (χ4n) is 12.8. The van der Waals surface area contributed by atoms with E-state index in [9.17, 15) is 0 Å². The van der Waals surface area contributed by atoms with Crippen molar-refractivity contribution in [2.24, 2.45) is 0 Å². The molecule has 0 radical (unpaired) electrons. The fraction of sp³-hybridized carbons (Fsp3) is 0.133. The van der Waals surface area contributed by atoms with Gasteiger partial charge in [-0.1, -0.05) is 124 Å². The quantitative estimate of drug-likeness (QED) is 0.123. The second-order valence-corrected chi connectivity index (χ2v) is 19.4. The summed E-state index contributed by atoms with van der Waals surface area (Å²) < 4.78 is 12.5. The summed E-state index contributed by atoms with van der Waals surface area (Å²) in [6.45, 7) is 9.56. The van der Waals surface area contributed by atoms with Crippen molar-refractivity contribution in [2.45, 2.75) is 39.5 Å². The van der Waals surface area contributed by atoms with E-state index in [1.165, 1.54) is 121 Å². The molecule has 0 amide bonds. The minimum Gasteiger partial charge on any atom is -0.497 e. The number of para-hydroxylation sites is 4. The molecule has 4 aliphatic rings. The Bertz CT molecular complexity index is 3470. The Morgan fingerprint density at radius 2 is 0.773 bits per heavy atom. The van der Waals surface area contributed by atoms with E-state index in [0.29, 0.717) is 0 Å². The van der Waals surface area contributed by atoms with Crippen LogP contribution in [0.2, 0.25) is 0 Å². The first-order valence-electron chi connectivity index (χ1n) is 23.5. The van der Waals surface area contributed by atoms with Crippen LogP contribution in [0.4, 0.5) is 34.1 Å². The highest BCUT2D eigenvalue weighted by molar-refractivity contribution is 7.02. The van der Waals surface area contributed by atoms with Crippen LogP contribution in [0, 0.1) is 0 Å². The zero-order chi connectivity index (χ0) is 44.3. The topological polar surface area (TPSA) is 24.9 Å². The lowest BCUT2D eigenvalue weighted by Crippen LogP contribution is -2.60. The molecular weight excluding hydrogens is 802 g/mol. The Hall–Kier alpha value is -7.43. The van der Waals surface area contributed by atoms with Crippen LogP contribution in [0.5, 0.6) is 11.5 Å². The molecule has 0 aliphatic carbocycles. The van der Waals surface area contributed by atoms with Crippen molar-refractivity contribution in [3.05, 3.63) is 169 Å². The number of nitrogens with zero attached hydrogens (tertiary/aromatic N) is 2. The predicted octanol–water partition coefficient (Wildman–Crippen LogP) is 11.4. The molecule has 4 heterocycles. The van der Waals surface area contributed by atoms with E-state index in [0.717, 1.165) is 22.9 Å². The van der Waals surface area contributed by atoms with E-state index in [1.807, 2.05) is 14.2 Å². The third kappa shape index (κ3) is 4.81.